The zero-order valence-corrected chi connectivity index (χ0v) is 16.8. The number of likely N-dealkylation sites (N-methyl/N-ethyl adjacent to an activating group) is 1. The topological polar surface area (TPSA) is 69.7 Å². The van der Waals surface area contributed by atoms with Gasteiger partial charge in [-0.1, -0.05) is 24.3 Å². The first-order valence-electron chi connectivity index (χ1n) is 9.10. The number of benzene rings is 2. The van der Waals surface area contributed by atoms with Crippen molar-refractivity contribution in [3.05, 3.63) is 59.4 Å². The molecular formula is C20H24FN3O3S. The summed E-state index contributed by atoms with van der Waals surface area (Å²) in [5.74, 6) is -0.850. The van der Waals surface area contributed by atoms with Crippen LogP contribution in [-0.4, -0.2) is 56.8 Å². The fourth-order valence-corrected chi connectivity index (χ4v) is 4.82. The number of nitrogens with one attached hydrogen (secondary N) is 1. The number of amides is 1. The van der Waals surface area contributed by atoms with Gasteiger partial charge in [0.05, 0.1) is 11.3 Å². The third-order valence-corrected chi connectivity index (χ3v) is 6.90. The Morgan fingerprint density at radius 2 is 1.79 bits per heavy atom. The number of aryl methyl sites for hydroxylation is 1. The van der Waals surface area contributed by atoms with E-state index in [2.05, 4.69) is 10.2 Å². The van der Waals surface area contributed by atoms with E-state index < -0.39 is 21.7 Å². The first kappa shape index (κ1) is 20.4. The Kier molecular flexibility index (Phi) is 6.12. The van der Waals surface area contributed by atoms with Crippen molar-refractivity contribution in [2.75, 3.05) is 38.5 Å². The number of rotatable bonds is 5. The quantitative estimate of drug-likeness (QED) is 0.828. The summed E-state index contributed by atoms with van der Waals surface area (Å²) in [5.41, 5.74) is 1.28. The largest absolute Gasteiger partial charge is 0.326 e. The van der Waals surface area contributed by atoms with Crippen molar-refractivity contribution in [1.82, 2.24) is 9.21 Å². The Morgan fingerprint density at radius 3 is 2.46 bits per heavy atom. The Hall–Kier alpha value is -2.29. The monoisotopic (exact) mass is 405 g/mol. The predicted molar refractivity (Wildman–Crippen MR) is 106 cm³/mol. The number of nitrogens with zero attached hydrogens (tertiary/aromatic N) is 2. The fourth-order valence-electron chi connectivity index (χ4n) is 3.14. The van der Waals surface area contributed by atoms with E-state index in [4.69, 9.17) is 0 Å². The van der Waals surface area contributed by atoms with Crippen molar-refractivity contribution in [3.8, 4) is 0 Å². The number of sulfonamides is 1. The molecule has 3 rings (SSSR count). The van der Waals surface area contributed by atoms with Crippen LogP contribution in [0.3, 0.4) is 0 Å². The molecule has 1 saturated heterocycles. The van der Waals surface area contributed by atoms with Crippen molar-refractivity contribution in [1.29, 1.82) is 0 Å². The van der Waals surface area contributed by atoms with Gasteiger partial charge in [-0.15, -0.1) is 0 Å². The van der Waals surface area contributed by atoms with Gasteiger partial charge in [0.25, 0.3) is 0 Å². The fraction of sp³-hybridized carbons (Fsp3) is 0.350. The smallest absolute Gasteiger partial charge is 0.243 e. The number of carbonyl (C=O) groups is 1. The Morgan fingerprint density at radius 1 is 1.11 bits per heavy atom. The van der Waals surface area contributed by atoms with Gasteiger partial charge < -0.3 is 10.2 Å². The SMILES string of the molecule is Cc1ccc(NC(=O)Cc2ccccc2F)cc1S(=O)(=O)N1CCN(C)CC1. The highest BCUT2D eigenvalue weighted by atomic mass is 32.2. The van der Waals surface area contributed by atoms with Crippen LogP contribution in [0.2, 0.25) is 0 Å². The van der Waals surface area contributed by atoms with Crippen LogP contribution in [0.1, 0.15) is 11.1 Å². The van der Waals surface area contributed by atoms with Crippen molar-refractivity contribution in [2.45, 2.75) is 18.2 Å². The summed E-state index contributed by atoms with van der Waals surface area (Å²) in [7, 11) is -1.69. The molecule has 8 heteroatoms. The lowest BCUT2D eigenvalue weighted by atomic mass is 10.1. The number of hydrogen-bond acceptors (Lipinski definition) is 4. The summed E-state index contributed by atoms with van der Waals surface area (Å²) in [6, 6.07) is 10.9. The minimum absolute atomic E-state index is 0.124. The van der Waals surface area contributed by atoms with Gasteiger partial charge in [0.15, 0.2) is 0 Å². The Bertz CT molecular complexity index is 970. The summed E-state index contributed by atoms with van der Waals surface area (Å²) in [6.07, 6.45) is -0.124. The van der Waals surface area contributed by atoms with Gasteiger partial charge in [-0.3, -0.25) is 4.79 Å². The molecule has 0 unspecified atom stereocenters. The third kappa shape index (κ3) is 4.57. The van der Waals surface area contributed by atoms with Crippen molar-refractivity contribution < 1.29 is 17.6 Å². The van der Waals surface area contributed by atoms with Gasteiger partial charge in [-0.05, 0) is 43.3 Å². The highest BCUT2D eigenvalue weighted by Gasteiger charge is 2.29. The van der Waals surface area contributed by atoms with Crippen molar-refractivity contribution >= 4 is 21.6 Å². The zero-order chi connectivity index (χ0) is 20.3. The molecule has 0 aliphatic carbocycles. The van der Waals surface area contributed by atoms with Crippen LogP contribution < -0.4 is 5.32 Å². The molecule has 0 radical (unpaired) electrons. The van der Waals surface area contributed by atoms with E-state index in [1.54, 1.807) is 37.3 Å². The molecule has 2 aromatic rings. The minimum atomic E-state index is -3.64. The summed E-state index contributed by atoms with van der Waals surface area (Å²) in [5, 5.41) is 2.67. The molecule has 1 aliphatic heterocycles. The molecule has 6 nitrogen and oxygen atoms in total. The Balaban J connectivity index is 1.77. The van der Waals surface area contributed by atoms with Gasteiger partial charge in [0, 0.05) is 31.9 Å². The standard InChI is InChI=1S/C20H24FN3O3S/c1-15-7-8-17(22-20(25)13-16-5-3-4-6-18(16)21)14-19(15)28(26,27)24-11-9-23(2)10-12-24/h3-8,14H,9-13H2,1-2H3,(H,22,25). The van der Waals surface area contributed by atoms with E-state index in [0.29, 0.717) is 37.4 Å². The second-order valence-electron chi connectivity index (χ2n) is 7.00. The van der Waals surface area contributed by atoms with Crippen LogP contribution in [0.4, 0.5) is 10.1 Å². The highest BCUT2D eigenvalue weighted by Crippen LogP contribution is 2.24. The summed E-state index contributed by atoms with van der Waals surface area (Å²) < 4.78 is 41.3. The number of hydrogen-bond donors (Lipinski definition) is 1. The molecule has 1 aliphatic rings. The molecule has 1 amide bonds. The lowest BCUT2D eigenvalue weighted by Gasteiger charge is -2.32. The first-order chi connectivity index (χ1) is 13.3. The maximum atomic E-state index is 13.7. The van der Waals surface area contributed by atoms with Gasteiger partial charge in [0.1, 0.15) is 5.82 Å². The zero-order valence-electron chi connectivity index (χ0n) is 16.0. The van der Waals surface area contributed by atoms with Gasteiger partial charge in [0.2, 0.25) is 15.9 Å². The van der Waals surface area contributed by atoms with Crippen LogP contribution in [0, 0.1) is 12.7 Å². The molecular weight excluding hydrogens is 381 g/mol. The average Bonchev–Trinajstić information content (AvgIpc) is 2.65. The van der Waals surface area contributed by atoms with Crippen LogP contribution in [0.5, 0.6) is 0 Å². The minimum Gasteiger partial charge on any atom is -0.326 e. The van der Waals surface area contributed by atoms with E-state index in [1.807, 2.05) is 7.05 Å². The highest BCUT2D eigenvalue weighted by molar-refractivity contribution is 7.89. The molecule has 1 heterocycles. The number of halogens is 1. The number of carbonyl (C=O) groups excluding carboxylic acids is 1. The second kappa shape index (κ2) is 8.38. The van der Waals surface area contributed by atoms with E-state index >= 15 is 0 Å². The van der Waals surface area contributed by atoms with E-state index in [1.165, 1.54) is 16.4 Å². The molecule has 0 saturated carbocycles. The third-order valence-electron chi connectivity index (χ3n) is 4.86. The molecule has 0 spiro atoms. The predicted octanol–water partition coefficient (Wildman–Crippen LogP) is 2.25. The summed E-state index contributed by atoms with van der Waals surface area (Å²) in [4.78, 5) is 14.5. The lowest BCUT2D eigenvalue weighted by molar-refractivity contribution is -0.115. The maximum Gasteiger partial charge on any atom is 0.243 e. The number of piperazine rings is 1. The normalized spacial score (nSPS) is 16.1. The molecule has 0 atom stereocenters. The van der Waals surface area contributed by atoms with Crippen molar-refractivity contribution in [2.24, 2.45) is 0 Å². The Labute approximate surface area is 165 Å². The first-order valence-corrected chi connectivity index (χ1v) is 10.5. The van der Waals surface area contributed by atoms with Crippen LogP contribution in [0.25, 0.3) is 0 Å². The van der Waals surface area contributed by atoms with Crippen LogP contribution in [-0.2, 0) is 21.2 Å². The van der Waals surface area contributed by atoms with Gasteiger partial charge >= 0.3 is 0 Å². The van der Waals surface area contributed by atoms with E-state index in [9.17, 15) is 17.6 Å². The van der Waals surface area contributed by atoms with Gasteiger partial charge in [-0.2, -0.15) is 4.31 Å². The molecule has 1 fully saturated rings. The lowest BCUT2D eigenvalue weighted by Crippen LogP contribution is -2.47. The molecule has 0 bridgehead atoms. The maximum absolute atomic E-state index is 13.7. The molecule has 0 aromatic heterocycles. The molecule has 1 N–H and O–H groups in total. The van der Waals surface area contributed by atoms with Crippen molar-refractivity contribution in [3.63, 3.8) is 0 Å². The molecule has 150 valence electrons. The van der Waals surface area contributed by atoms with E-state index in [-0.39, 0.29) is 16.9 Å². The van der Waals surface area contributed by atoms with Gasteiger partial charge in [-0.25, -0.2) is 12.8 Å². The van der Waals surface area contributed by atoms with E-state index in [0.717, 1.165) is 0 Å². The van der Waals surface area contributed by atoms with Crippen LogP contribution >= 0.6 is 0 Å². The summed E-state index contributed by atoms with van der Waals surface area (Å²) >= 11 is 0. The summed E-state index contributed by atoms with van der Waals surface area (Å²) in [6.45, 7) is 3.95. The average molecular weight is 405 g/mol. The molecule has 28 heavy (non-hydrogen) atoms. The second-order valence-corrected chi connectivity index (χ2v) is 8.91. The van der Waals surface area contributed by atoms with Crippen LogP contribution in [0.15, 0.2) is 47.4 Å². The number of anilines is 1. The molecule has 2 aromatic carbocycles.